The van der Waals surface area contributed by atoms with Crippen molar-refractivity contribution in [3.63, 3.8) is 0 Å². The van der Waals surface area contributed by atoms with Crippen molar-refractivity contribution >= 4 is 11.6 Å². The topological polar surface area (TPSA) is 48.0 Å². The summed E-state index contributed by atoms with van der Waals surface area (Å²) in [6.45, 7) is 4.41. The summed E-state index contributed by atoms with van der Waals surface area (Å²) in [4.78, 5) is 13.6. The summed E-state index contributed by atoms with van der Waals surface area (Å²) in [6, 6.07) is 4.11. The van der Waals surface area contributed by atoms with Crippen LogP contribution < -0.4 is 9.64 Å². The smallest absolute Gasteiger partial charge is 0.227 e. The van der Waals surface area contributed by atoms with Crippen molar-refractivity contribution in [3.05, 3.63) is 23.3 Å². The molecule has 1 amide bonds. The number of hydrogen-bond donors (Lipinski definition) is 0. The summed E-state index contributed by atoms with van der Waals surface area (Å²) in [5.41, 5.74) is 3.19. The summed E-state index contributed by atoms with van der Waals surface area (Å²) < 4.78 is 17.0. The van der Waals surface area contributed by atoms with Crippen molar-refractivity contribution < 1.29 is 19.0 Å². The SMILES string of the molecule is COc1cc2c(cc1CC1COC(C)(C)O1)N(C)C(=O)CC2. The van der Waals surface area contributed by atoms with Gasteiger partial charge in [-0.2, -0.15) is 0 Å². The molecule has 0 spiro atoms. The lowest BCUT2D eigenvalue weighted by atomic mass is 9.96. The first-order chi connectivity index (χ1) is 10.4. The standard InChI is InChI=1S/C17H23NO4/c1-17(2)21-10-13(22-17)7-12-8-14-11(9-15(12)20-4)5-6-16(19)18(14)3/h8-9,13H,5-7,10H2,1-4H3. The molecule has 0 aromatic heterocycles. The zero-order valence-electron chi connectivity index (χ0n) is 13.6. The fourth-order valence-electron chi connectivity index (χ4n) is 3.17. The number of aryl methyl sites for hydroxylation is 1. The van der Waals surface area contributed by atoms with Crippen LogP contribution in [0.4, 0.5) is 5.69 Å². The van der Waals surface area contributed by atoms with E-state index in [1.165, 1.54) is 0 Å². The van der Waals surface area contributed by atoms with Gasteiger partial charge in [-0.1, -0.05) is 0 Å². The maximum Gasteiger partial charge on any atom is 0.227 e. The van der Waals surface area contributed by atoms with Crippen LogP contribution in [0.2, 0.25) is 0 Å². The molecule has 1 atom stereocenters. The van der Waals surface area contributed by atoms with E-state index in [9.17, 15) is 4.79 Å². The highest BCUT2D eigenvalue weighted by molar-refractivity contribution is 5.96. The average Bonchev–Trinajstić information content (AvgIpc) is 2.82. The fraction of sp³-hybridized carbons (Fsp3) is 0.588. The Morgan fingerprint density at radius 1 is 1.36 bits per heavy atom. The molecule has 1 unspecified atom stereocenters. The number of carbonyl (C=O) groups excluding carboxylic acids is 1. The van der Waals surface area contributed by atoms with Gasteiger partial charge in [0.05, 0.1) is 19.8 Å². The maximum absolute atomic E-state index is 11.9. The van der Waals surface area contributed by atoms with E-state index in [1.54, 1.807) is 12.0 Å². The van der Waals surface area contributed by atoms with Gasteiger partial charge in [0.25, 0.3) is 0 Å². The Balaban J connectivity index is 1.89. The van der Waals surface area contributed by atoms with Crippen LogP contribution in [0.3, 0.4) is 0 Å². The Bertz CT molecular complexity index is 597. The van der Waals surface area contributed by atoms with Gasteiger partial charge < -0.3 is 19.1 Å². The molecule has 0 N–H and O–H groups in total. The molecule has 120 valence electrons. The number of amides is 1. The molecule has 3 rings (SSSR count). The molecule has 0 radical (unpaired) electrons. The molecule has 1 fully saturated rings. The van der Waals surface area contributed by atoms with Crippen LogP contribution >= 0.6 is 0 Å². The lowest BCUT2D eigenvalue weighted by Crippen LogP contribution is -2.31. The van der Waals surface area contributed by atoms with Gasteiger partial charge in [-0.25, -0.2) is 0 Å². The zero-order chi connectivity index (χ0) is 15.9. The van der Waals surface area contributed by atoms with E-state index in [1.807, 2.05) is 20.9 Å². The Morgan fingerprint density at radius 3 is 2.77 bits per heavy atom. The molecule has 2 heterocycles. The third-order valence-electron chi connectivity index (χ3n) is 4.34. The molecule has 5 heteroatoms. The van der Waals surface area contributed by atoms with Crippen molar-refractivity contribution in [2.45, 2.75) is 45.0 Å². The lowest BCUT2D eigenvalue weighted by Gasteiger charge is -2.27. The van der Waals surface area contributed by atoms with Crippen LogP contribution in [0.25, 0.3) is 0 Å². The van der Waals surface area contributed by atoms with Gasteiger partial charge in [0.2, 0.25) is 5.91 Å². The van der Waals surface area contributed by atoms with Crippen molar-refractivity contribution in [1.29, 1.82) is 0 Å². The number of anilines is 1. The highest BCUT2D eigenvalue weighted by Gasteiger charge is 2.33. The Morgan fingerprint density at radius 2 is 2.14 bits per heavy atom. The van der Waals surface area contributed by atoms with Gasteiger partial charge in [-0.05, 0) is 43.5 Å². The fourth-order valence-corrected chi connectivity index (χ4v) is 3.17. The van der Waals surface area contributed by atoms with Crippen LogP contribution in [0.1, 0.15) is 31.4 Å². The maximum atomic E-state index is 11.9. The normalized spacial score (nSPS) is 23.5. The predicted molar refractivity (Wildman–Crippen MR) is 83.3 cm³/mol. The molecule has 1 saturated heterocycles. The minimum Gasteiger partial charge on any atom is -0.496 e. The first kappa shape index (κ1) is 15.3. The van der Waals surface area contributed by atoms with E-state index < -0.39 is 5.79 Å². The molecule has 1 aromatic carbocycles. The molecule has 5 nitrogen and oxygen atoms in total. The zero-order valence-corrected chi connectivity index (χ0v) is 13.6. The minimum atomic E-state index is -0.529. The number of methoxy groups -OCH3 is 1. The van der Waals surface area contributed by atoms with Crippen LogP contribution in [-0.4, -0.2) is 38.6 Å². The summed E-state index contributed by atoms with van der Waals surface area (Å²) in [5.74, 6) is 0.485. The highest BCUT2D eigenvalue weighted by Crippen LogP contribution is 2.35. The van der Waals surface area contributed by atoms with Gasteiger partial charge >= 0.3 is 0 Å². The van der Waals surface area contributed by atoms with Gasteiger partial charge in [0.15, 0.2) is 5.79 Å². The number of ether oxygens (including phenoxy) is 3. The van der Waals surface area contributed by atoms with Crippen LogP contribution in [0.15, 0.2) is 12.1 Å². The number of carbonyl (C=O) groups is 1. The molecule has 2 aliphatic rings. The summed E-state index contributed by atoms with van der Waals surface area (Å²) in [7, 11) is 3.51. The summed E-state index contributed by atoms with van der Waals surface area (Å²) in [5, 5.41) is 0. The molecule has 1 aromatic rings. The second kappa shape index (κ2) is 5.56. The Hall–Kier alpha value is -1.59. The monoisotopic (exact) mass is 305 g/mol. The first-order valence-corrected chi connectivity index (χ1v) is 7.68. The molecule has 22 heavy (non-hydrogen) atoms. The Kier molecular flexibility index (Phi) is 3.87. The second-order valence-electron chi connectivity index (χ2n) is 6.40. The molecule has 2 aliphatic heterocycles. The number of fused-ring (bicyclic) bond motifs is 1. The van der Waals surface area contributed by atoms with Gasteiger partial charge in [-0.15, -0.1) is 0 Å². The van der Waals surface area contributed by atoms with Crippen LogP contribution in [-0.2, 0) is 27.1 Å². The Labute approximate surface area is 131 Å². The van der Waals surface area contributed by atoms with Crippen molar-refractivity contribution in [2.75, 3.05) is 25.7 Å². The molecule has 0 aliphatic carbocycles. The van der Waals surface area contributed by atoms with E-state index in [2.05, 4.69) is 12.1 Å². The average molecular weight is 305 g/mol. The second-order valence-corrected chi connectivity index (χ2v) is 6.40. The minimum absolute atomic E-state index is 0.00606. The van der Waals surface area contributed by atoms with E-state index in [4.69, 9.17) is 14.2 Å². The van der Waals surface area contributed by atoms with Crippen molar-refractivity contribution in [2.24, 2.45) is 0 Å². The molecule has 0 bridgehead atoms. The van der Waals surface area contributed by atoms with Crippen LogP contribution in [0.5, 0.6) is 5.75 Å². The summed E-state index contributed by atoms with van der Waals surface area (Å²) in [6.07, 6.45) is 2.04. The number of rotatable bonds is 3. The van der Waals surface area contributed by atoms with Crippen molar-refractivity contribution in [1.82, 2.24) is 0 Å². The van der Waals surface area contributed by atoms with E-state index in [-0.39, 0.29) is 12.0 Å². The lowest BCUT2D eigenvalue weighted by molar-refractivity contribution is -0.138. The van der Waals surface area contributed by atoms with Gasteiger partial charge in [0.1, 0.15) is 5.75 Å². The van der Waals surface area contributed by atoms with Gasteiger partial charge in [0, 0.05) is 25.6 Å². The number of hydrogen-bond acceptors (Lipinski definition) is 4. The first-order valence-electron chi connectivity index (χ1n) is 7.68. The largest absolute Gasteiger partial charge is 0.496 e. The van der Waals surface area contributed by atoms with E-state index in [0.717, 1.165) is 29.0 Å². The van der Waals surface area contributed by atoms with E-state index >= 15 is 0 Å². The number of benzene rings is 1. The van der Waals surface area contributed by atoms with Gasteiger partial charge in [-0.3, -0.25) is 4.79 Å². The quantitative estimate of drug-likeness (QED) is 0.860. The molecular formula is C17H23NO4. The summed E-state index contributed by atoms with van der Waals surface area (Å²) >= 11 is 0. The molecule has 0 saturated carbocycles. The van der Waals surface area contributed by atoms with Crippen LogP contribution in [0, 0.1) is 0 Å². The predicted octanol–water partition coefficient (Wildman–Crippen LogP) is 2.30. The highest BCUT2D eigenvalue weighted by atomic mass is 16.7. The molecular weight excluding hydrogens is 282 g/mol. The third-order valence-corrected chi connectivity index (χ3v) is 4.34. The third kappa shape index (κ3) is 2.83. The number of nitrogens with zero attached hydrogens (tertiary/aromatic N) is 1. The van der Waals surface area contributed by atoms with Crippen molar-refractivity contribution in [3.8, 4) is 5.75 Å². The van der Waals surface area contributed by atoms with E-state index in [0.29, 0.717) is 19.4 Å².